The molecule has 2 rings (SSSR count). The Morgan fingerprint density at radius 2 is 1.51 bits per heavy atom. The van der Waals surface area contributed by atoms with E-state index in [-0.39, 0.29) is 13.0 Å². The first kappa shape index (κ1) is 27.9. The Hall–Kier alpha value is -3.35. The van der Waals surface area contributed by atoms with Gasteiger partial charge in [-0.25, -0.2) is 9.59 Å². The molecule has 0 saturated carbocycles. The molecular weight excluding hydrogens is 446 g/mol. The van der Waals surface area contributed by atoms with E-state index in [4.69, 9.17) is 14.2 Å². The average Bonchev–Trinajstić information content (AvgIpc) is 2.71. The van der Waals surface area contributed by atoms with E-state index >= 15 is 0 Å². The lowest BCUT2D eigenvalue weighted by molar-refractivity contribution is -0.155. The fourth-order valence-corrected chi connectivity index (χ4v) is 3.32. The third kappa shape index (κ3) is 10.6. The van der Waals surface area contributed by atoms with Gasteiger partial charge in [0.2, 0.25) is 0 Å². The molecule has 0 bridgehead atoms. The highest BCUT2D eigenvalue weighted by Gasteiger charge is 2.25. The SMILES string of the molecule is Cc1ccc(C(=O)OCc2ccccc2)cc1C[C@@H](CC(=O)OC(C)(C)C)NC(=O)OC(C)(C)C. The molecule has 190 valence electrons. The summed E-state index contributed by atoms with van der Waals surface area (Å²) in [6.45, 7) is 12.7. The minimum absolute atomic E-state index is 0.0430. The van der Waals surface area contributed by atoms with Crippen LogP contribution in [0.5, 0.6) is 0 Å². The van der Waals surface area contributed by atoms with E-state index in [2.05, 4.69) is 5.32 Å². The standard InChI is InChI=1S/C28H37NO6/c1-19-13-14-21(25(31)33-18-20-11-9-8-10-12-20)15-22(19)16-23(17-24(30)34-27(2,3)4)29-26(32)35-28(5,6)7/h8-15,23H,16-18H2,1-7H3,(H,29,32)/t23-/m0/s1. The molecule has 0 heterocycles. The minimum atomic E-state index is -0.682. The van der Waals surface area contributed by atoms with Gasteiger partial charge in [-0.05, 0) is 83.7 Å². The Morgan fingerprint density at radius 3 is 2.11 bits per heavy atom. The molecular formula is C28H37NO6. The number of ether oxygens (including phenoxy) is 3. The molecule has 0 unspecified atom stereocenters. The van der Waals surface area contributed by atoms with Crippen molar-refractivity contribution in [3.8, 4) is 0 Å². The summed E-state index contributed by atoms with van der Waals surface area (Å²) in [5.74, 6) is -0.881. The Morgan fingerprint density at radius 1 is 0.886 bits per heavy atom. The number of nitrogens with one attached hydrogen (secondary N) is 1. The number of hydrogen-bond acceptors (Lipinski definition) is 6. The molecule has 0 spiro atoms. The number of esters is 2. The van der Waals surface area contributed by atoms with Crippen LogP contribution in [0, 0.1) is 6.92 Å². The summed E-state index contributed by atoms with van der Waals surface area (Å²) in [4.78, 5) is 37.6. The number of rotatable bonds is 8. The van der Waals surface area contributed by atoms with E-state index in [0.717, 1.165) is 16.7 Å². The van der Waals surface area contributed by atoms with Gasteiger partial charge in [-0.1, -0.05) is 36.4 Å². The predicted octanol–water partition coefficient (Wildman–Crippen LogP) is 5.52. The first-order valence-electron chi connectivity index (χ1n) is 11.7. The van der Waals surface area contributed by atoms with E-state index in [1.165, 1.54) is 0 Å². The summed E-state index contributed by atoms with van der Waals surface area (Å²) >= 11 is 0. The van der Waals surface area contributed by atoms with Crippen molar-refractivity contribution in [3.63, 3.8) is 0 Å². The maximum atomic E-state index is 12.7. The minimum Gasteiger partial charge on any atom is -0.460 e. The van der Waals surface area contributed by atoms with E-state index < -0.39 is 35.3 Å². The molecule has 2 aromatic rings. The zero-order valence-corrected chi connectivity index (χ0v) is 21.8. The summed E-state index contributed by atoms with van der Waals surface area (Å²) in [6, 6.07) is 14.1. The molecule has 7 heteroatoms. The van der Waals surface area contributed by atoms with Crippen LogP contribution in [0.25, 0.3) is 0 Å². The second-order valence-electron chi connectivity index (χ2n) is 10.5. The van der Waals surface area contributed by atoms with Crippen molar-refractivity contribution in [2.75, 3.05) is 0 Å². The number of carbonyl (C=O) groups excluding carboxylic acids is 3. The van der Waals surface area contributed by atoms with Crippen LogP contribution in [0.4, 0.5) is 4.79 Å². The summed E-state index contributed by atoms with van der Waals surface area (Å²) in [5.41, 5.74) is 1.70. The van der Waals surface area contributed by atoms with Gasteiger partial charge in [0.25, 0.3) is 0 Å². The third-order valence-electron chi connectivity index (χ3n) is 4.82. The fourth-order valence-electron chi connectivity index (χ4n) is 3.32. The largest absolute Gasteiger partial charge is 0.460 e. The number of benzene rings is 2. The fraction of sp³-hybridized carbons (Fsp3) is 0.464. The van der Waals surface area contributed by atoms with Gasteiger partial charge in [0.1, 0.15) is 17.8 Å². The maximum absolute atomic E-state index is 12.7. The van der Waals surface area contributed by atoms with Crippen LogP contribution in [-0.4, -0.2) is 35.3 Å². The van der Waals surface area contributed by atoms with Crippen molar-refractivity contribution < 1.29 is 28.6 Å². The molecule has 0 fully saturated rings. The summed E-state index contributed by atoms with van der Waals surface area (Å²) in [5, 5.41) is 2.78. The number of carbonyl (C=O) groups is 3. The molecule has 0 radical (unpaired) electrons. The zero-order valence-electron chi connectivity index (χ0n) is 21.8. The Kier molecular flexibility index (Phi) is 9.46. The van der Waals surface area contributed by atoms with Crippen molar-refractivity contribution in [2.45, 2.75) is 85.2 Å². The molecule has 1 atom stereocenters. The number of amides is 1. The lowest BCUT2D eigenvalue weighted by Gasteiger charge is -2.25. The van der Waals surface area contributed by atoms with Gasteiger partial charge in [0.05, 0.1) is 12.0 Å². The molecule has 0 aliphatic rings. The van der Waals surface area contributed by atoms with Gasteiger partial charge in [-0.15, -0.1) is 0 Å². The van der Waals surface area contributed by atoms with Crippen LogP contribution in [0.15, 0.2) is 48.5 Å². The number of aryl methyl sites for hydroxylation is 1. The molecule has 0 aromatic heterocycles. The maximum Gasteiger partial charge on any atom is 0.407 e. The molecule has 35 heavy (non-hydrogen) atoms. The lowest BCUT2D eigenvalue weighted by atomic mass is 9.97. The Labute approximate surface area is 208 Å². The summed E-state index contributed by atoms with van der Waals surface area (Å²) < 4.78 is 16.3. The zero-order chi connectivity index (χ0) is 26.2. The number of hydrogen-bond donors (Lipinski definition) is 1. The van der Waals surface area contributed by atoms with Crippen LogP contribution < -0.4 is 5.32 Å². The topological polar surface area (TPSA) is 90.9 Å². The normalized spacial score (nSPS) is 12.4. The highest BCUT2D eigenvalue weighted by molar-refractivity contribution is 5.89. The molecule has 2 aromatic carbocycles. The van der Waals surface area contributed by atoms with E-state index in [9.17, 15) is 14.4 Å². The molecule has 0 aliphatic heterocycles. The first-order valence-corrected chi connectivity index (χ1v) is 11.7. The van der Waals surface area contributed by atoms with E-state index in [1.54, 1.807) is 53.7 Å². The predicted molar refractivity (Wildman–Crippen MR) is 134 cm³/mol. The Balaban J connectivity index is 2.17. The second-order valence-corrected chi connectivity index (χ2v) is 10.5. The van der Waals surface area contributed by atoms with Crippen molar-refractivity contribution in [2.24, 2.45) is 0 Å². The van der Waals surface area contributed by atoms with Gasteiger partial charge in [-0.2, -0.15) is 0 Å². The number of alkyl carbamates (subject to hydrolysis) is 1. The van der Waals surface area contributed by atoms with Crippen molar-refractivity contribution in [1.82, 2.24) is 5.32 Å². The smallest absolute Gasteiger partial charge is 0.407 e. The van der Waals surface area contributed by atoms with E-state index in [0.29, 0.717) is 12.0 Å². The molecule has 1 N–H and O–H groups in total. The van der Waals surface area contributed by atoms with Crippen molar-refractivity contribution in [3.05, 3.63) is 70.8 Å². The molecule has 0 aliphatic carbocycles. The van der Waals surface area contributed by atoms with Gasteiger partial charge >= 0.3 is 18.0 Å². The first-order chi connectivity index (χ1) is 16.2. The molecule has 1 amide bonds. The average molecular weight is 484 g/mol. The van der Waals surface area contributed by atoms with Crippen LogP contribution >= 0.6 is 0 Å². The van der Waals surface area contributed by atoms with Crippen LogP contribution in [0.1, 0.15) is 75.0 Å². The molecule has 7 nitrogen and oxygen atoms in total. The van der Waals surface area contributed by atoms with Crippen LogP contribution in [-0.2, 0) is 32.0 Å². The van der Waals surface area contributed by atoms with Crippen LogP contribution in [0.3, 0.4) is 0 Å². The highest BCUT2D eigenvalue weighted by atomic mass is 16.6. The molecule has 0 saturated heterocycles. The monoisotopic (exact) mass is 483 g/mol. The quantitative estimate of drug-likeness (QED) is 0.393. The Bertz CT molecular complexity index is 988. The van der Waals surface area contributed by atoms with Crippen molar-refractivity contribution in [1.29, 1.82) is 0 Å². The van der Waals surface area contributed by atoms with Gasteiger partial charge in [0, 0.05) is 6.04 Å². The highest BCUT2D eigenvalue weighted by Crippen LogP contribution is 2.18. The second kappa shape index (κ2) is 11.9. The van der Waals surface area contributed by atoms with Gasteiger partial charge in [0.15, 0.2) is 0 Å². The summed E-state index contributed by atoms with van der Waals surface area (Å²) in [7, 11) is 0. The van der Waals surface area contributed by atoms with Crippen LogP contribution in [0.2, 0.25) is 0 Å². The lowest BCUT2D eigenvalue weighted by Crippen LogP contribution is -2.42. The van der Waals surface area contributed by atoms with Gasteiger partial charge < -0.3 is 19.5 Å². The van der Waals surface area contributed by atoms with Gasteiger partial charge in [-0.3, -0.25) is 4.79 Å². The van der Waals surface area contributed by atoms with Crippen molar-refractivity contribution >= 4 is 18.0 Å². The summed E-state index contributed by atoms with van der Waals surface area (Å²) in [6.07, 6.45) is -0.356. The van der Waals surface area contributed by atoms with E-state index in [1.807, 2.05) is 43.3 Å². The third-order valence-corrected chi connectivity index (χ3v) is 4.82.